The predicted octanol–water partition coefficient (Wildman–Crippen LogP) is 3.40. The highest BCUT2D eigenvalue weighted by atomic mass is 16.5. The van der Waals surface area contributed by atoms with E-state index in [0.29, 0.717) is 5.76 Å². The second-order valence-electron chi connectivity index (χ2n) is 6.47. The van der Waals surface area contributed by atoms with Crippen LogP contribution in [0.1, 0.15) is 46.3 Å². The first-order valence-corrected chi connectivity index (χ1v) is 8.78. The number of hydrogen-bond acceptors (Lipinski definition) is 4. The van der Waals surface area contributed by atoms with Crippen LogP contribution in [0.5, 0.6) is 5.75 Å². The van der Waals surface area contributed by atoms with Gasteiger partial charge in [0.15, 0.2) is 5.76 Å². The lowest BCUT2D eigenvalue weighted by Crippen LogP contribution is -2.31. The average Bonchev–Trinajstić information content (AvgIpc) is 3.29. The molecule has 1 aliphatic carbocycles. The highest BCUT2D eigenvalue weighted by Crippen LogP contribution is 2.29. The molecule has 0 saturated carbocycles. The second-order valence-corrected chi connectivity index (χ2v) is 6.47. The highest BCUT2D eigenvalue weighted by Gasteiger charge is 2.26. The molecule has 1 N–H and O–H groups in total. The van der Waals surface area contributed by atoms with Crippen LogP contribution in [0.3, 0.4) is 0 Å². The Hall–Kier alpha value is -3.02. The van der Waals surface area contributed by atoms with Gasteiger partial charge in [0.25, 0.3) is 5.91 Å². The molecule has 1 atom stereocenters. The molecular weight excluding hydrogens is 330 g/mol. The normalized spacial score (nSPS) is 16.1. The standard InChI is InChI=1S/C20H21N3O3/c1-23-18-9-5-8-17(16(18)12-21-23)22-20(24)19-14(10-11-25-19)13-26-15-6-3-2-4-7-15/h2-4,6-7,10-12,17H,5,8-9,13H2,1H3,(H,22,24). The van der Waals surface area contributed by atoms with E-state index in [1.54, 1.807) is 6.07 Å². The number of aromatic nitrogens is 2. The summed E-state index contributed by atoms with van der Waals surface area (Å²) >= 11 is 0. The van der Waals surface area contributed by atoms with Crippen molar-refractivity contribution < 1.29 is 13.9 Å². The van der Waals surface area contributed by atoms with Gasteiger partial charge in [-0.3, -0.25) is 9.48 Å². The van der Waals surface area contributed by atoms with Gasteiger partial charge in [-0.05, 0) is 37.5 Å². The summed E-state index contributed by atoms with van der Waals surface area (Å²) in [5, 5.41) is 7.41. The van der Waals surface area contributed by atoms with Gasteiger partial charge in [-0.1, -0.05) is 18.2 Å². The van der Waals surface area contributed by atoms with Gasteiger partial charge in [-0.25, -0.2) is 0 Å². The number of nitrogens with one attached hydrogen (secondary N) is 1. The maximum absolute atomic E-state index is 12.7. The molecule has 6 heteroatoms. The molecule has 4 rings (SSSR count). The second kappa shape index (κ2) is 7.07. The Bertz CT molecular complexity index is 898. The molecule has 1 unspecified atom stereocenters. The van der Waals surface area contributed by atoms with E-state index in [1.165, 1.54) is 12.0 Å². The number of para-hydroxylation sites is 1. The molecule has 0 radical (unpaired) electrons. The number of fused-ring (bicyclic) bond motifs is 1. The minimum atomic E-state index is -0.219. The van der Waals surface area contributed by atoms with E-state index in [1.807, 2.05) is 48.3 Å². The maximum atomic E-state index is 12.7. The number of amides is 1. The zero-order chi connectivity index (χ0) is 17.9. The van der Waals surface area contributed by atoms with Gasteiger partial charge in [0.1, 0.15) is 12.4 Å². The third kappa shape index (κ3) is 3.22. The number of rotatable bonds is 5. The zero-order valence-electron chi connectivity index (χ0n) is 14.6. The fourth-order valence-corrected chi connectivity index (χ4v) is 3.41. The Labute approximate surface area is 151 Å². The summed E-state index contributed by atoms with van der Waals surface area (Å²) in [7, 11) is 1.94. The first-order valence-electron chi connectivity index (χ1n) is 8.78. The molecule has 6 nitrogen and oxygen atoms in total. The van der Waals surface area contributed by atoms with Crippen molar-refractivity contribution in [2.75, 3.05) is 0 Å². The summed E-state index contributed by atoms with van der Waals surface area (Å²) in [4.78, 5) is 12.7. The highest BCUT2D eigenvalue weighted by molar-refractivity contribution is 5.93. The quantitative estimate of drug-likeness (QED) is 0.765. The van der Waals surface area contributed by atoms with Crippen molar-refractivity contribution in [1.82, 2.24) is 15.1 Å². The number of aryl methyl sites for hydroxylation is 1. The molecule has 1 aromatic carbocycles. The number of ether oxygens (including phenoxy) is 1. The number of hydrogen-bond donors (Lipinski definition) is 1. The molecule has 1 aliphatic rings. The van der Waals surface area contributed by atoms with Crippen molar-refractivity contribution in [3.05, 3.63) is 71.4 Å². The van der Waals surface area contributed by atoms with E-state index in [4.69, 9.17) is 9.15 Å². The van der Waals surface area contributed by atoms with Crippen LogP contribution >= 0.6 is 0 Å². The fraction of sp³-hybridized carbons (Fsp3) is 0.300. The topological polar surface area (TPSA) is 69.3 Å². The van der Waals surface area contributed by atoms with E-state index in [9.17, 15) is 4.79 Å². The number of benzene rings is 1. The number of furan rings is 1. The minimum Gasteiger partial charge on any atom is -0.489 e. The van der Waals surface area contributed by atoms with Crippen LogP contribution in [-0.4, -0.2) is 15.7 Å². The molecule has 0 spiro atoms. The number of nitrogens with zero attached hydrogens (tertiary/aromatic N) is 2. The first-order chi connectivity index (χ1) is 12.7. The van der Waals surface area contributed by atoms with Gasteiger partial charge in [-0.15, -0.1) is 0 Å². The summed E-state index contributed by atoms with van der Waals surface area (Å²) in [6, 6.07) is 11.2. The van der Waals surface area contributed by atoms with E-state index in [2.05, 4.69) is 10.4 Å². The van der Waals surface area contributed by atoms with E-state index in [0.717, 1.165) is 36.1 Å². The van der Waals surface area contributed by atoms with Gasteiger partial charge >= 0.3 is 0 Å². The summed E-state index contributed by atoms with van der Waals surface area (Å²) in [6.45, 7) is 0.284. The summed E-state index contributed by atoms with van der Waals surface area (Å²) < 4.78 is 13.1. The summed E-state index contributed by atoms with van der Waals surface area (Å²) in [6.07, 6.45) is 6.30. The Morgan fingerprint density at radius 1 is 1.35 bits per heavy atom. The minimum absolute atomic E-state index is 0.0343. The van der Waals surface area contributed by atoms with Crippen molar-refractivity contribution in [2.45, 2.75) is 31.9 Å². The SMILES string of the molecule is Cn1ncc2c1CCCC2NC(=O)c1occc1COc1ccccc1. The Morgan fingerprint density at radius 3 is 3.04 bits per heavy atom. The molecule has 0 saturated heterocycles. The van der Waals surface area contributed by atoms with Crippen LogP contribution in [0, 0.1) is 0 Å². The molecule has 2 heterocycles. The van der Waals surface area contributed by atoms with Crippen molar-refractivity contribution >= 4 is 5.91 Å². The monoisotopic (exact) mass is 351 g/mol. The third-order valence-electron chi connectivity index (χ3n) is 4.77. The first kappa shape index (κ1) is 16.4. The molecular formula is C20H21N3O3. The average molecular weight is 351 g/mol. The van der Waals surface area contributed by atoms with Crippen LogP contribution in [0.2, 0.25) is 0 Å². The molecule has 2 aromatic heterocycles. The Balaban J connectivity index is 1.45. The lowest BCUT2D eigenvalue weighted by Gasteiger charge is -2.23. The summed E-state index contributed by atoms with van der Waals surface area (Å²) in [5.41, 5.74) is 3.02. The fourth-order valence-electron chi connectivity index (χ4n) is 3.41. The molecule has 26 heavy (non-hydrogen) atoms. The third-order valence-corrected chi connectivity index (χ3v) is 4.77. The largest absolute Gasteiger partial charge is 0.489 e. The van der Waals surface area contributed by atoms with Crippen molar-refractivity contribution in [1.29, 1.82) is 0 Å². The molecule has 0 fully saturated rings. The van der Waals surface area contributed by atoms with Gasteiger partial charge in [0, 0.05) is 23.9 Å². The van der Waals surface area contributed by atoms with E-state index in [-0.39, 0.29) is 18.6 Å². The number of carbonyl (C=O) groups excluding carboxylic acids is 1. The molecule has 3 aromatic rings. The maximum Gasteiger partial charge on any atom is 0.287 e. The van der Waals surface area contributed by atoms with Gasteiger partial charge in [0.2, 0.25) is 0 Å². The Morgan fingerprint density at radius 2 is 2.19 bits per heavy atom. The van der Waals surface area contributed by atoms with E-state index < -0.39 is 0 Å². The summed E-state index contributed by atoms with van der Waals surface area (Å²) in [5.74, 6) is 0.840. The predicted molar refractivity (Wildman–Crippen MR) is 95.8 cm³/mol. The smallest absolute Gasteiger partial charge is 0.287 e. The van der Waals surface area contributed by atoms with Crippen molar-refractivity contribution in [3.63, 3.8) is 0 Å². The van der Waals surface area contributed by atoms with Crippen LogP contribution in [-0.2, 0) is 20.1 Å². The van der Waals surface area contributed by atoms with Gasteiger partial charge in [0.05, 0.1) is 18.5 Å². The molecule has 1 amide bonds. The van der Waals surface area contributed by atoms with Crippen molar-refractivity contribution in [3.8, 4) is 5.75 Å². The Kier molecular flexibility index (Phi) is 4.48. The molecule has 0 aliphatic heterocycles. The van der Waals surface area contributed by atoms with Crippen LogP contribution in [0.25, 0.3) is 0 Å². The molecule has 134 valence electrons. The van der Waals surface area contributed by atoms with Crippen LogP contribution < -0.4 is 10.1 Å². The van der Waals surface area contributed by atoms with Crippen LogP contribution in [0.4, 0.5) is 0 Å². The zero-order valence-corrected chi connectivity index (χ0v) is 14.6. The number of carbonyl (C=O) groups is 1. The lowest BCUT2D eigenvalue weighted by molar-refractivity contribution is 0.0901. The lowest BCUT2D eigenvalue weighted by atomic mass is 9.93. The van der Waals surface area contributed by atoms with Gasteiger partial charge < -0.3 is 14.5 Å². The van der Waals surface area contributed by atoms with Gasteiger partial charge in [-0.2, -0.15) is 5.10 Å². The molecule has 0 bridgehead atoms. The van der Waals surface area contributed by atoms with E-state index >= 15 is 0 Å². The van der Waals surface area contributed by atoms with Crippen LogP contribution in [0.15, 0.2) is 53.3 Å². The van der Waals surface area contributed by atoms with Crippen molar-refractivity contribution in [2.24, 2.45) is 7.05 Å².